The molecule has 1 aromatic carbocycles. The second kappa shape index (κ2) is 13.0. The fourth-order valence-corrected chi connectivity index (χ4v) is 7.91. The van der Waals surface area contributed by atoms with Crippen LogP contribution in [0.5, 0.6) is 0 Å². The van der Waals surface area contributed by atoms with Gasteiger partial charge in [0.05, 0.1) is 7.11 Å². The van der Waals surface area contributed by atoms with E-state index in [9.17, 15) is 32.8 Å². The molecule has 3 aromatic rings. The topological polar surface area (TPSA) is 149 Å². The van der Waals surface area contributed by atoms with Gasteiger partial charge in [0, 0.05) is 40.6 Å². The number of rotatable bonds is 11. The first-order chi connectivity index (χ1) is 22.9. The van der Waals surface area contributed by atoms with E-state index < -0.39 is 58.6 Å². The van der Waals surface area contributed by atoms with Gasteiger partial charge in [0.1, 0.15) is 23.9 Å². The van der Waals surface area contributed by atoms with Gasteiger partial charge in [-0.1, -0.05) is 24.3 Å². The summed E-state index contributed by atoms with van der Waals surface area (Å²) in [6.45, 7) is 1.38. The Morgan fingerprint density at radius 3 is 2.52 bits per heavy atom. The molecule has 0 saturated heterocycles. The Balaban J connectivity index is 1.15. The Bertz CT molecular complexity index is 1830. The van der Waals surface area contributed by atoms with Crippen molar-refractivity contribution in [2.24, 2.45) is 17.8 Å². The molecule has 2 unspecified atom stereocenters. The zero-order valence-corrected chi connectivity index (χ0v) is 26.7. The predicted molar refractivity (Wildman–Crippen MR) is 171 cm³/mol. The van der Waals surface area contributed by atoms with Crippen molar-refractivity contribution in [2.75, 3.05) is 12.4 Å². The number of ether oxygens (including phenoxy) is 1. The van der Waals surface area contributed by atoms with E-state index in [1.165, 1.54) is 37.6 Å². The Kier molecular flexibility index (Phi) is 8.97. The number of carbonyl (C=O) groups is 4. The SMILES string of the molecule is COC(=O)/C=C/CC[C@H](NC(=O)c1oc2ccccc2c1C)C(=O)Nc1cccn(CC(=O)NC23CC4CC(C2)C(F)(F)C(C4)C3)c1=O. The van der Waals surface area contributed by atoms with E-state index in [4.69, 9.17) is 4.42 Å². The lowest BCUT2D eigenvalue weighted by atomic mass is 9.51. The standard InChI is InChI=1S/C35H38F2N4O7/c1-20-24-8-3-5-11-27(24)48-30(20)32(45)38-25(9-4-6-12-29(43)47-2)31(44)39-26-10-7-13-41(33(26)46)19-28(42)40-34-16-21-14-22(17-34)35(36,37)23(15-21)18-34/h3,5-8,10-13,21-23,25H,4,9,14-19H2,1-2H3,(H,38,45)(H,39,44)(H,40,42)/b12-6+/t21?,22?,23?,25-,34?/m0/s1. The number of pyridine rings is 1. The molecule has 4 bridgehead atoms. The Labute approximate surface area is 275 Å². The van der Waals surface area contributed by atoms with Crippen LogP contribution < -0.4 is 21.5 Å². The number of benzene rings is 1. The molecule has 13 heteroatoms. The number of halogens is 2. The second-order valence-corrected chi connectivity index (χ2v) is 13.3. The highest BCUT2D eigenvalue weighted by Crippen LogP contribution is 2.61. The van der Waals surface area contributed by atoms with Crippen LogP contribution in [0.1, 0.15) is 61.1 Å². The molecule has 0 aliphatic heterocycles. The fourth-order valence-electron chi connectivity index (χ4n) is 7.91. The maximum absolute atomic E-state index is 14.7. The smallest absolute Gasteiger partial charge is 0.330 e. The Morgan fingerprint density at radius 1 is 1.08 bits per heavy atom. The lowest BCUT2D eigenvalue weighted by molar-refractivity contribution is -0.211. The number of hydrogen-bond acceptors (Lipinski definition) is 7. The zero-order chi connectivity index (χ0) is 34.2. The number of aryl methyl sites for hydroxylation is 1. The van der Waals surface area contributed by atoms with Crippen molar-refractivity contribution in [3.63, 3.8) is 0 Å². The Morgan fingerprint density at radius 2 is 1.81 bits per heavy atom. The van der Waals surface area contributed by atoms with Crippen molar-refractivity contribution < 1.29 is 37.1 Å². The molecule has 4 aliphatic carbocycles. The van der Waals surface area contributed by atoms with E-state index in [1.807, 2.05) is 12.1 Å². The maximum Gasteiger partial charge on any atom is 0.330 e. The maximum atomic E-state index is 14.7. The highest BCUT2D eigenvalue weighted by molar-refractivity contribution is 6.03. The molecule has 3 atom stereocenters. The molecule has 4 saturated carbocycles. The number of furan rings is 1. The van der Waals surface area contributed by atoms with Gasteiger partial charge in [-0.05, 0) is 76.0 Å². The molecule has 254 valence electrons. The lowest BCUT2D eigenvalue weighted by Gasteiger charge is -2.59. The minimum absolute atomic E-state index is 0.0370. The average molecular weight is 665 g/mol. The van der Waals surface area contributed by atoms with Crippen molar-refractivity contribution in [1.82, 2.24) is 15.2 Å². The van der Waals surface area contributed by atoms with E-state index in [-0.39, 0.29) is 49.6 Å². The van der Waals surface area contributed by atoms with Gasteiger partial charge in [-0.3, -0.25) is 19.2 Å². The molecule has 0 spiro atoms. The first-order valence-electron chi connectivity index (χ1n) is 16.1. The highest BCUT2D eigenvalue weighted by atomic mass is 19.3. The summed E-state index contributed by atoms with van der Waals surface area (Å²) in [5, 5.41) is 8.99. The van der Waals surface area contributed by atoms with Crippen LogP contribution in [-0.2, 0) is 25.7 Å². The molecule has 4 aliphatic rings. The van der Waals surface area contributed by atoms with Crippen LogP contribution >= 0.6 is 0 Å². The number of fused-ring (bicyclic) bond motifs is 1. The number of aromatic nitrogens is 1. The van der Waals surface area contributed by atoms with Crippen LogP contribution in [0.3, 0.4) is 0 Å². The van der Waals surface area contributed by atoms with Gasteiger partial charge in [-0.15, -0.1) is 0 Å². The number of hydrogen-bond donors (Lipinski definition) is 3. The van der Waals surface area contributed by atoms with Crippen molar-refractivity contribution in [3.05, 3.63) is 76.4 Å². The molecular formula is C35H38F2N4O7. The number of amides is 3. The molecule has 3 amide bonds. The molecule has 2 heterocycles. The number of methoxy groups -OCH3 is 1. The lowest BCUT2D eigenvalue weighted by Crippen LogP contribution is -2.66. The highest BCUT2D eigenvalue weighted by Gasteiger charge is 2.64. The quantitative estimate of drug-likeness (QED) is 0.202. The van der Waals surface area contributed by atoms with E-state index in [0.29, 0.717) is 30.4 Å². The summed E-state index contributed by atoms with van der Waals surface area (Å²) in [7, 11) is 1.24. The number of nitrogens with zero attached hydrogens (tertiary/aromatic N) is 1. The van der Waals surface area contributed by atoms with E-state index in [2.05, 4.69) is 20.7 Å². The molecule has 11 nitrogen and oxygen atoms in total. The minimum Gasteiger partial charge on any atom is -0.466 e. The van der Waals surface area contributed by atoms with Gasteiger partial charge in [-0.25, -0.2) is 13.6 Å². The van der Waals surface area contributed by atoms with Gasteiger partial charge >= 0.3 is 5.97 Å². The van der Waals surface area contributed by atoms with Crippen molar-refractivity contribution in [2.45, 2.75) is 75.9 Å². The van der Waals surface area contributed by atoms with Crippen molar-refractivity contribution in [3.8, 4) is 0 Å². The average Bonchev–Trinajstić information content (AvgIpc) is 3.38. The summed E-state index contributed by atoms with van der Waals surface area (Å²) in [5.74, 6) is -6.38. The van der Waals surface area contributed by atoms with Crippen LogP contribution in [0.25, 0.3) is 11.0 Å². The first-order valence-corrected chi connectivity index (χ1v) is 16.1. The van der Waals surface area contributed by atoms with Crippen LogP contribution in [0.15, 0.2) is 64.0 Å². The first kappa shape index (κ1) is 33.1. The Hall–Kier alpha value is -4.81. The van der Waals surface area contributed by atoms with Crippen LogP contribution in [-0.4, -0.2) is 52.9 Å². The van der Waals surface area contributed by atoms with Crippen molar-refractivity contribution in [1.29, 1.82) is 0 Å². The van der Waals surface area contributed by atoms with Crippen LogP contribution in [0.4, 0.5) is 14.5 Å². The molecule has 4 fully saturated rings. The second-order valence-electron chi connectivity index (χ2n) is 13.3. The monoisotopic (exact) mass is 664 g/mol. The number of carbonyl (C=O) groups excluding carboxylic acids is 4. The largest absolute Gasteiger partial charge is 0.466 e. The summed E-state index contributed by atoms with van der Waals surface area (Å²) >= 11 is 0. The van der Waals surface area contributed by atoms with Gasteiger partial charge in [-0.2, -0.15) is 0 Å². The zero-order valence-electron chi connectivity index (χ0n) is 26.7. The number of nitrogens with one attached hydrogen (secondary N) is 3. The molecule has 2 aromatic heterocycles. The minimum atomic E-state index is -2.71. The number of esters is 1. The fraction of sp³-hybridized carbons (Fsp3) is 0.457. The molecule has 48 heavy (non-hydrogen) atoms. The number of allylic oxidation sites excluding steroid dienone is 1. The summed E-state index contributed by atoms with van der Waals surface area (Å²) in [5.41, 5.74) is -0.358. The molecule has 0 radical (unpaired) electrons. The summed E-state index contributed by atoms with van der Waals surface area (Å²) in [6.07, 6.45) is 6.44. The van der Waals surface area contributed by atoms with Gasteiger partial charge in [0.25, 0.3) is 17.4 Å². The summed E-state index contributed by atoms with van der Waals surface area (Å²) in [4.78, 5) is 64.9. The number of alkyl halides is 2. The van der Waals surface area contributed by atoms with Gasteiger partial charge in [0.15, 0.2) is 5.76 Å². The van der Waals surface area contributed by atoms with Crippen LogP contribution in [0, 0.1) is 24.7 Å². The third kappa shape index (κ3) is 6.50. The third-order valence-corrected chi connectivity index (χ3v) is 10.0. The van der Waals surface area contributed by atoms with E-state index in [1.54, 1.807) is 19.1 Å². The van der Waals surface area contributed by atoms with Crippen LogP contribution in [0.2, 0.25) is 0 Å². The van der Waals surface area contributed by atoms with Gasteiger partial charge in [0.2, 0.25) is 11.8 Å². The van der Waals surface area contributed by atoms with E-state index >= 15 is 0 Å². The summed E-state index contributed by atoms with van der Waals surface area (Å²) in [6, 6.07) is 8.88. The van der Waals surface area contributed by atoms with Gasteiger partial charge < -0.3 is 29.7 Å². The molecular weight excluding hydrogens is 626 g/mol. The summed E-state index contributed by atoms with van der Waals surface area (Å²) < 4.78 is 41.0. The number of anilines is 1. The number of para-hydroxylation sites is 1. The molecule has 3 N–H and O–H groups in total. The molecule has 7 rings (SSSR count). The predicted octanol–water partition coefficient (Wildman–Crippen LogP) is 4.48. The van der Waals surface area contributed by atoms with Crippen molar-refractivity contribution >= 4 is 40.3 Å². The third-order valence-electron chi connectivity index (χ3n) is 10.0. The van der Waals surface area contributed by atoms with E-state index in [0.717, 1.165) is 9.95 Å². The normalized spacial score (nSPS) is 24.4.